The van der Waals surface area contributed by atoms with Crippen molar-refractivity contribution < 1.29 is 26.7 Å². The third-order valence-electron chi connectivity index (χ3n) is 5.68. The largest absolute Gasteiger partial charge is 0.480 e. The number of carboxylic acid groups (broad SMARTS) is 1. The quantitative estimate of drug-likeness (QED) is 0.235. The molecular weight excluding hydrogens is 580 g/mol. The minimum atomic E-state index is -4.06. The summed E-state index contributed by atoms with van der Waals surface area (Å²) in [4.78, 5) is 11.6. The molecule has 1 unspecified atom stereocenters. The zero-order valence-electron chi connectivity index (χ0n) is 20.0. The molecule has 0 aliphatic rings. The molecule has 3 N–H and O–H groups in total. The molecule has 0 aromatic heterocycles. The third-order valence-corrected chi connectivity index (χ3v) is 9.08. The predicted molar refractivity (Wildman–Crippen MR) is 147 cm³/mol. The Hall–Kier alpha value is -2.57. The molecule has 3 aromatic carbocycles. The lowest BCUT2D eigenvalue weighted by atomic mass is 10.1. The smallest absolute Gasteiger partial charge is 0.321 e. The second kappa shape index (κ2) is 13.3. The van der Waals surface area contributed by atoms with Crippen LogP contribution in [0.4, 0.5) is 0 Å². The van der Waals surface area contributed by atoms with Crippen LogP contribution in [-0.2, 0) is 31.3 Å². The first kappa shape index (κ1) is 29.0. The van der Waals surface area contributed by atoms with Gasteiger partial charge in [0.1, 0.15) is 6.04 Å². The van der Waals surface area contributed by atoms with Gasteiger partial charge < -0.3 is 5.11 Å². The van der Waals surface area contributed by atoms with Gasteiger partial charge in [0, 0.05) is 11.0 Å². The second-order valence-electron chi connectivity index (χ2n) is 8.49. The number of benzene rings is 3. The van der Waals surface area contributed by atoms with Gasteiger partial charge >= 0.3 is 5.97 Å². The minimum Gasteiger partial charge on any atom is -0.480 e. The highest BCUT2D eigenvalue weighted by molar-refractivity contribution is 9.10. The van der Waals surface area contributed by atoms with Crippen LogP contribution in [0.5, 0.6) is 0 Å². The summed E-state index contributed by atoms with van der Waals surface area (Å²) in [6.45, 7) is 0.147. The number of unbranched alkanes of at least 4 members (excludes halogenated alkanes) is 1. The van der Waals surface area contributed by atoms with E-state index >= 15 is 0 Å². The van der Waals surface area contributed by atoms with Gasteiger partial charge in [0.25, 0.3) is 0 Å². The van der Waals surface area contributed by atoms with Gasteiger partial charge in [-0.05, 0) is 66.6 Å². The molecule has 1 atom stereocenters. The van der Waals surface area contributed by atoms with Gasteiger partial charge in [0.15, 0.2) is 0 Å². The normalized spacial score (nSPS) is 12.8. The summed E-state index contributed by atoms with van der Waals surface area (Å²) in [6, 6.07) is 21.7. The number of sulfonamides is 2. The van der Waals surface area contributed by atoms with Crippen molar-refractivity contribution in [2.75, 3.05) is 12.3 Å². The van der Waals surface area contributed by atoms with Gasteiger partial charge in [0.2, 0.25) is 20.0 Å². The van der Waals surface area contributed by atoms with Gasteiger partial charge in [-0.2, -0.15) is 4.72 Å². The van der Waals surface area contributed by atoms with E-state index in [1.54, 1.807) is 12.1 Å². The highest BCUT2D eigenvalue weighted by atomic mass is 79.9. The van der Waals surface area contributed by atoms with Crippen LogP contribution in [0.2, 0.25) is 0 Å². The average molecular weight is 610 g/mol. The van der Waals surface area contributed by atoms with E-state index in [9.17, 15) is 26.7 Å². The second-order valence-corrected chi connectivity index (χ2v) is 13.0. The lowest BCUT2D eigenvalue weighted by Crippen LogP contribution is -2.40. The van der Waals surface area contributed by atoms with Gasteiger partial charge in [-0.15, -0.1) is 0 Å². The number of nitrogens with one attached hydrogen (secondary N) is 2. The maximum Gasteiger partial charge on any atom is 0.321 e. The molecule has 3 rings (SSSR count). The molecule has 0 amide bonds. The van der Waals surface area contributed by atoms with Crippen LogP contribution >= 0.6 is 15.9 Å². The first-order valence-corrected chi connectivity index (χ1v) is 15.6. The van der Waals surface area contributed by atoms with Crippen molar-refractivity contribution in [3.63, 3.8) is 0 Å². The van der Waals surface area contributed by atoms with Gasteiger partial charge in [-0.1, -0.05) is 70.5 Å². The molecule has 11 heteroatoms. The molecular formula is C26H29BrN2O6S2. The van der Waals surface area contributed by atoms with Crippen molar-refractivity contribution in [3.05, 3.63) is 88.9 Å². The lowest BCUT2D eigenvalue weighted by molar-refractivity contribution is -0.139. The van der Waals surface area contributed by atoms with Crippen molar-refractivity contribution in [1.29, 1.82) is 0 Å². The number of aryl methyl sites for hydroxylation is 1. The van der Waals surface area contributed by atoms with Crippen LogP contribution in [0, 0.1) is 0 Å². The topological polar surface area (TPSA) is 130 Å². The molecule has 0 radical (unpaired) electrons. The van der Waals surface area contributed by atoms with E-state index in [0.717, 1.165) is 21.2 Å². The summed E-state index contributed by atoms with van der Waals surface area (Å²) in [7, 11) is -7.53. The van der Waals surface area contributed by atoms with Gasteiger partial charge in [-0.25, -0.2) is 21.6 Å². The fourth-order valence-electron chi connectivity index (χ4n) is 3.63. The predicted octanol–water partition coefficient (Wildman–Crippen LogP) is 4.18. The van der Waals surface area contributed by atoms with Crippen molar-refractivity contribution in [1.82, 2.24) is 9.44 Å². The Labute approximate surface area is 226 Å². The van der Waals surface area contributed by atoms with Crippen molar-refractivity contribution in [2.24, 2.45) is 0 Å². The molecule has 198 valence electrons. The summed E-state index contributed by atoms with van der Waals surface area (Å²) in [5.41, 5.74) is 2.67. The van der Waals surface area contributed by atoms with E-state index in [-0.39, 0.29) is 23.6 Å². The fraction of sp³-hybridized carbons (Fsp3) is 0.269. The van der Waals surface area contributed by atoms with E-state index in [2.05, 4.69) is 25.4 Å². The third kappa shape index (κ3) is 9.35. The molecule has 0 spiro atoms. The van der Waals surface area contributed by atoms with E-state index < -0.39 is 32.1 Å². The zero-order chi connectivity index (χ0) is 26.9. The number of carboxylic acids is 1. The summed E-state index contributed by atoms with van der Waals surface area (Å²) in [5, 5.41) is 9.52. The van der Waals surface area contributed by atoms with E-state index in [4.69, 9.17) is 0 Å². The van der Waals surface area contributed by atoms with Crippen molar-refractivity contribution in [2.45, 2.75) is 36.6 Å². The maximum absolute atomic E-state index is 12.8. The minimum absolute atomic E-state index is 0.0251. The van der Waals surface area contributed by atoms with E-state index in [1.807, 2.05) is 54.6 Å². The maximum atomic E-state index is 12.8. The first-order chi connectivity index (χ1) is 17.6. The van der Waals surface area contributed by atoms with Crippen LogP contribution in [0.1, 0.15) is 24.8 Å². The van der Waals surface area contributed by atoms with E-state index in [1.165, 1.54) is 12.1 Å². The molecule has 3 aromatic rings. The number of hydrogen-bond donors (Lipinski definition) is 3. The molecule has 0 fully saturated rings. The fourth-order valence-corrected chi connectivity index (χ4v) is 6.22. The number of carbonyl (C=O) groups is 1. The average Bonchev–Trinajstić information content (AvgIpc) is 2.87. The van der Waals surface area contributed by atoms with Crippen LogP contribution in [-0.4, -0.2) is 46.3 Å². The number of aliphatic carboxylic acids is 1. The van der Waals surface area contributed by atoms with E-state index in [0.29, 0.717) is 19.3 Å². The lowest BCUT2D eigenvalue weighted by Gasteiger charge is -2.15. The molecule has 0 heterocycles. The Balaban J connectivity index is 1.48. The van der Waals surface area contributed by atoms with Crippen LogP contribution in [0.3, 0.4) is 0 Å². The molecule has 0 saturated carbocycles. The van der Waals surface area contributed by atoms with Gasteiger partial charge in [0.05, 0.1) is 10.6 Å². The summed E-state index contributed by atoms with van der Waals surface area (Å²) in [6.07, 6.45) is 1.11. The summed E-state index contributed by atoms with van der Waals surface area (Å²) >= 11 is 3.37. The Morgan fingerprint density at radius 1 is 0.838 bits per heavy atom. The number of rotatable bonds is 14. The SMILES string of the molecule is O=C(O)C(CCCCNS(=O)(=O)CCc1ccccc1)NS(=O)(=O)c1ccc(-c2ccc(Br)cc2)cc1. The standard InChI is InChI=1S/C26H29BrN2O6S2/c27-23-13-9-21(10-14-23)22-11-15-24(16-12-22)37(34,35)29-25(26(30)31)8-4-5-18-28-36(32,33)19-17-20-6-2-1-3-7-20/h1-3,6-7,9-16,25,28-29H,4-5,8,17-19H2,(H,30,31). The van der Waals surface area contributed by atoms with Crippen LogP contribution < -0.4 is 9.44 Å². The Bertz CT molecular complexity index is 1380. The zero-order valence-corrected chi connectivity index (χ0v) is 23.2. The first-order valence-electron chi connectivity index (χ1n) is 11.7. The summed E-state index contributed by atoms with van der Waals surface area (Å²) in [5.74, 6) is -1.34. The van der Waals surface area contributed by atoms with Crippen molar-refractivity contribution in [3.8, 4) is 11.1 Å². The molecule has 8 nitrogen and oxygen atoms in total. The highest BCUT2D eigenvalue weighted by Crippen LogP contribution is 2.23. The summed E-state index contributed by atoms with van der Waals surface area (Å²) < 4.78 is 55.6. The molecule has 0 bridgehead atoms. The molecule has 0 aliphatic carbocycles. The highest BCUT2D eigenvalue weighted by Gasteiger charge is 2.25. The molecule has 0 aliphatic heterocycles. The van der Waals surface area contributed by atoms with Gasteiger partial charge in [-0.3, -0.25) is 4.79 Å². The Kier molecular flexibility index (Phi) is 10.4. The Morgan fingerprint density at radius 2 is 1.43 bits per heavy atom. The van der Waals surface area contributed by atoms with Crippen LogP contribution in [0.25, 0.3) is 11.1 Å². The monoisotopic (exact) mass is 608 g/mol. The number of halogens is 1. The molecule has 37 heavy (non-hydrogen) atoms. The number of hydrogen-bond acceptors (Lipinski definition) is 5. The molecule has 0 saturated heterocycles. The van der Waals surface area contributed by atoms with Crippen molar-refractivity contribution >= 4 is 41.9 Å². The van der Waals surface area contributed by atoms with Crippen LogP contribution in [0.15, 0.2) is 88.2 Å². The Morgan fingerprint density at radius 3 is 2.03 bits per heavy atom.